The van der Waals surface area contributed by atoms with E-state index in [4.69, 9.17) is 4.74 Å². The van der Waals surface area contributed by atoms with Crippen LogP contribution >= 0.6 is 0 Å². The van der Waals surface area contributed by atoms with Crippen LogP contribution in [0.4, 0.5) is 0 Å². The summed E-state index contributed by atoms with van der Waals surface area (Å²) in [5.41, 5.74) is 1.36. The van der Waals surface area contributed by atoms with Gasteiger partial charge in [-0.2, -0.15) is 0 Å². The summed E-state index contributed by atoms with van der Waals surface area (Å²) in [6, 6.07) is 8.93. The Labute approximate surface area is 153 Å². The number of nitrogens with zero attached hydrogens (tertiary/aromatic N) is 2. The Balaban J connectivity index is 1.83. The molecule has 2 rings (SSSR count). The van der Waals surface area contributed by atoms with E-state index >= 15 is 0 Å². The lowest BCUT2D eigenvalue weighted by molar-refractivity contribution is -0.132. The molecule has 1 aromatic carbocycles. The van der Waals surface area contributed by atoms with Crippen molar-refractivity contribution in [2.45, 2.75) is 52.5 Å². The van der Waals surface area contributed by atoms with Crippen LogP contribution in [0.5, 0.6) is 5.75 Å². The SMILES string of the molecule is CCC(=O)N1CCC(CN(CC)C(C)Cc2ccc(OC)cc2)CC1. The van der Waals surface area contributed by atoms with E-state index in [0.29, 0.717) is 24.3 Å². The summed E-state index contributed by atoms with van der Waals surface area (Å²) in [5, 5.41) is 0. The summed E-state index contributed by atoms with van der Waals surface area (Å²) in [5.74, 6) is 1.93. The van der Waals surface area contributed by atoms with Crippen molar-refractivity contribution >= 4 is 5.91 Å². The molecule has 1 aliphatic heterocycles. The van der Waals surface area contributed by atoms with Crippen molar-refractivity contribution < 1.29 is 9.53 Å². The van der Waals surface area contributed by atoms with Gasteiger partial charge in [-0.3, -0.25) is 4.79 Å². The van der Waals surface area contributed by atoms with Crippen molar-refractivity contribution in [3.05, 3.63) is 29.8 Å². The van der Waals surface area contributed by atoms with Gasteiger partial charge in [0, 0.05) is 32.1 Å². The fourth-order valence-corrected chi connectivity index (χ4v) is 3.77. The molecular weight excluding hydrogens is 312 g/mol. The van der Waals surface area contributed by atoms with Crippen molar-refractivity contribution in [2.24, 2.45) is 5.92 Å². The number of likely N-dealkylation sites (tertiary alicyclic amines) is 1. The highest BCUT2D eigenvalue weighted by molar-refractivity contribution is 5.75. The third-order valence-corrected chi connectivity index (χ3v) is 5.48. The van der Waals surface area contributed by atoms with Gasteiger partial charge in [0.05, 0.1) is 7.11 Å². The number of benzene rings is 1. The molecule has 0 saturated carbocycles. The van der Waals surface area contributed by atoms with Gasteiger partial charge in [-0.1, -0.05) is 26.0 Å². The number of hydrogen-bond acceptors (Lipinski definition) is 3. The average molecular weight is 347 g/mol. The van der Waals surface area contributed by atoms with Gasteiger partial charge >= 0.3 is 0 Å². The van der Waals surface area contributed by atoms with Gasteiger partial charge < -0.3 is 14.5 Å². The lowest BCUT2D eigenvalue weighted by atomic mass is 9.94. The van der Waals surface area contributed by atoms with Crippen LogP contribution < -0.4 is 4.74 Å². The van der Waals surface area contributed by atoms with Crippen molar-refractivity contribution in [1.82, 2.24) is 9.80 Å². The molecule has 4 nitrogen and oxygen atoms in total. The van der Waals surface area contributed by atoms with Crippen molar-refractivity contribution in [1.29, 1.82) is 0 Å². The summed E-state index contributed by atoms with van der Waals surface area (Å²) >= 11 is 0. The first-order valence-electron chi connectivity index (χ1n) is 9.72. The van der Waals surface area contributed by atoms with E-state index in [1.54, 1.807) is 7.11 Å². The van der Waals surface area contributed by atoms with Gasteiger partial charge in [0.15, 0.2) is 0 Å². The topological polar surface area (TPSA) is 32.8 Å². The molecule has 25 heavy (non-hydrogen) atoms. The smallest absolute Gasteiger partial charge is 0.222 e. The first-order chi connectivity index (χ1) is 12.1. The van der Waals surface area contributed by atoms with Crippen LogP contribution in [0.3, 0.4) is 0 Å². The van der Waals surface area contributed by atoms with E-state index < -0.39 is 0 Å². The molecule has 0 aromatic heterocycles. The summed E-state index contributed by atoms with van der Waals surface area (Å²) in [4.78, 5) is 16.4. The zero-order valence-electron chi connectivity index (χ0n) is 16.3. The lowest BCUT2D eigenvalue weighted by Crippen LogP contribution is -2.43. The number of ether oxygens (including phenoxy) is 1. The quantitative estimate of drug-likeness (QED) is 0.721. The summed E-state index contributed by atoms with van der Waals surface area (Å²) in [7, 11) is 1.70. The van der Waals surface area contributed by atoms with Gasteiger partial charge in [-0.15, -0.1) is 0 Å². The van der Waals surface area contributed by atoms with E-state index in [0.717, 1.165) is 51.2 Å². The largest absolute Gasteiger partial charge is 0.497 e. The normalized spacial score (nSPS) is 16.9. The van der Waals surface area contributed by atoms with Crippen LogP contribution in [0, 0.1) is 5.92 Å². The Morgan fingerprint density at radius 2 is 1.88 bits per heavy atom. The lowest BCUT2D eigenvalue weighted by Gasteiger charge is -2.36. The molecule has 1 fully saturated rings. The number of likely N-dealkylation sites (N-methyl/N-ethyl adjacent to an activating group) is 1. The van der Waals surface area contributed by atoms with E-state index in [1.165, 1.54) is 5.56 Å². The molecule has 0 spiro atoms. The van der Waals surface area contributed by atoms with Gasteiger partial charge in [0.1, 0.15) is 5.75 Å². The molecule has 140 valence electrons. The summed E-state index contributed by atoms with van der Waals surface area (Å²) in [6.45, 7) is 10.6. The maximum absolute atomic E-state index is 11.8. The third-order valence-electron chi connectivity index (χ3n) is 5.48. The molecule has 1 aliphatic rings. The number of piperidine rings is 1. The molecule has 4 heteroatoms. The van der Waals surface area contributed by atoms with Crippen molar-refractivity contribution in [3.8, 4) is 5.75 Å². The first-order valence-corrected chi connectivity index (χ1v) is 9.72. The Morgan fingerprint density at radius 1 is 1.24 bits per heavy atom. The highest BCUT2D eigenvalue weighted by Gasteiger charge is 2.24. The van der Waals surface area contributed by atoms with E-state index in [2.05, 4.69) is 30.9 Å². The molecule has 1 atom stereocenters. The zero-order valence-corrected chi connectivity index (χ0v) is 16.3. The average Bonchev–Trinajstić information content (AvgIpc) is 2.66. The number of hydrogen-bond donors (Lipinski definition) is 0. The maximum atomic E-state index is 11.8. The van der Waals surface area contributed by atoms with Crippen LogP contribution in [0.2, 0.25) is 0 Å². The maximum Gasteiger partial charge on any atom is 0.222 e. The number of rotatable bonds is 8. The Kier molecular flexibility index (Phi) is 7.76. The van der Waals surface area contributed by atoms with Crippen molar-refractivity contribution in [3.63, 3.8) is 0 Å². The Morgan fingerprint density at radius 3 is 2.40 bits per heavy atom. The minimum absolute atomic E-state index is 0.304. The second-order valence-corrected chi connectivity index (χ2v) is 7.17. The van der Waals surface area contributed by atoms with E-state index in [9.17, 15) is 4.79 Å². The summed E-state index contributed by atoms with van der Waals surface area (Å²) < 4.78 is 5.24. The molecule has 0 aliphatic carbocycles. The Hall–Kier alpha value is -1.55. The van der Waals surface area contributed by atoms with Crippen LogP contribution in [0.25, 0.3) is 0 Å². The number of methoxy groups -OCH3 is 1. The second kappa shape index (κ2) is 9.81. The minimum Gasteiger partial charge on any atom is -0.497 e. The molecule has 1 amide bonds. The van der Waals surface area contributed by atoms with E-state index in [-0.39, 0.29) is 0 Å². The molecule has 0 bridgehead atoms. The summed E-state index contributed by atoms with van der Waals surface area (Å²) in [6.07, 6.45) is 3.96. The first kappa shape index (κ1) is 19.8. The van der Waals surface area contributed by atoms with Crippen LogP contribution in [-0.4, -0.2) is 55.0 Å². The predicted molar refractivity (Wildman–Crippen MR) is 103 cm³/mol. The molecule has 0 radical (unpaired) electrons. The highest BCUT2D eigenvalue weighted by Crippen LogP contribution is 2.21. The standard InChI is InChI=1S/C21H34N2O2/c1-5-21(24)23-13-11-19(12-14-23)16-22(6-2)17(3)15-18-7-9-20(25-4)10-8-18/h7-10,17,19H,5-6,11-16H2,1-4H3. The van der Waals surface area contributed by atoms with Gasteiger partial charge in [-0.25, -0.2) is 0 Å². The number of carbonyl (C=O) groups excluding carboxylic acids is 1. The van der Waals surface area contributed by atoms with Gasteiger partial charge in [-0.05, 0) is 56.3 Å². The molecule has 1 unspecified atom stereocenters. The van der Waals surface area contributed by atoms with Gasteiger partial charge in [0.2, 0.25) is 5.91 Å². The number of carbonyl (C=O) groups is 1. The van der Waals surface area contributed by atoms with Crippen LogP contribution in [0.1, 0.15) is 45.6 Å². The van der Waals surface area contributed by atoms with Crippen LogP contribution in [0.15, 0.2) is 24.3 Å². The molecule has 0 N–H and O–H groups in total. The highest BCUT2D eigenvalue weighted by atomic mass is 16.5. The minimum atomic E-state index is 0.304. The van der Waals surface area contributed by atoms with Crippen molar-refractivity contribution in [2.75, 3.05) is 33.3 Å². The molecule has 1 aromatic rings. The fourth-order valence-electron chi connectivity index (χ4n) is 3.77. The van der Waals surface area contributed by atoms with E-state index in [1.807, 2.05) is 24.0 Å². The van der Waals surface area contributed by atoms with Gasteiger partial charge in [0.25, 0.3) is 0 Å². The fraction of sp³-hybridized carbons (Fsp3) is 0.667. The van der Waals surface area contributed by atoms with Crippen LogP contribution in [-0.2, 0) is 11.2 Å². The zero-order chi connectivity index (χ0) is 18.2. The molecule has 1 heterocycles. The predicted octanol–water partition coefficient (Wildman–Crippen LogP) is 3.60. The third kappa shape index (κ3) is 5.74. The molecule has 1 saturated heterocycles. The number of amides is 1. The second-order valence-electron chi connectivity index (χ2n) is 7.17. The monoisotopic (exact) mass is 346 g/mol. The Bertz CT molecular complexity index is 521. The molecular formula is C21H34N2O2.